The molecule has 0 spiro atoms. The predicted octanol–water partition coefficient (Wildman–Crippen LogP) is 3.45. The second kappa shape index (κ2) is 7.44. The fourth-order valence-corrected chi connectivity index (χ4v) is 4.62. The largest absolute Gasteiger partial charge is 0.308 e. The third kappa shape index (κ3) is 4.95. The van der Waals surface area contributed by atoms with Gasteiger partial charge in [-0.15, -0.1) is 11.3 Å². The minimum absolute atomic E-state index is 0.152. The molecule has 120 valence electrons. The molecule has 0 bridgehead atoms. The zero-order valence-corrected chi connectivity index (χ0v) is 15.7. The molecule has 1 N–H and O–H groups in total. The Morgan fingerprint density at radius 1 is 1.29 bits per heavy atom. The van der Waals surface area contributed by atoms with Gasteiger partial charge in [-0.25, -0.2) is 4.98 Å². The molecule has 21 heavy (non-hydrogen) atoms. The van der Waals surface area contributed by atoms with E-state index in [2.05, 4.69) is 56.6 Å². The van der Waals surface area contributed by atoms with E-state index in [0.717, 1.165) is 13.1 Å². The number of nitrogens with one attached hydrogen (secondary N) is 1. The number of hydrogen-bond donors (Lipinski definition) is 1. The average molecular weight is 328 g/mol. The Bertz CT molecular complexity index is 445. The van der Waals surface area contributed by atoms with Gasteiger partial charge in [0.05, 0.1) is 10.7 Å². The Morgan fingerprint density at radius 2 is 1.95 bits per heavy atom. The summed E-state index contributed by atoms with van der Waals surface area (Å²) in [4.78, 5) is 8.73. The molecule has 1 saturated heterocycles. The van der Waals surface area contributed by atoms with Crippen LogP contribution in [-0.4, -0.2) is 47.6 Å². The van der Waals surface area contributed by atoms with Crippen LogP contribution in [0.3, 0.4) is 0 Å². The number of rotatable bonds is 5. The van der Waals surface area contributed by atoms with Crippen LogP contribution in [0.2, 0.25) is 0 Å². The zero-order valence-electron chi connectivity index (χ0n) is 14.0. The van der Waals surface area contributed by atoms with E-state index in [9.17, 15) is 0 Å². The molecular weight excluding hydrogens is 298 g/mol. The van der Waals surface area contributed by atoms with Crippen molar-refractivity contribution in [2.45, 2.75) is 46.1 Å². The maximum absolute atomic E-state index is 4.77. The molecule has 2 rings (SSSR count). The normalized spacial score (nSPS) is 18.9. The van der Waals surface area contributed by atoms with Crippen LogP contribution in [0, 0.1) is 6.92 Å². The number of thiazole rings is 1. The first-order valence-electron chi connectivity index (χ1n) is 7.89. The third-order valence-corrected chi connectivity index (χ3v) is 6.56. The number of thioether (sulfide) groups is 1. The molecule has 1 aliphatic heterocycles. The van der Waals surface area contributed by atoms with Crippen LogP contribution < -0.4 is 5.32 Å². The van der Waals surface area contributed by atoms with E-state index < -0.39 is 0 Å². The summed E-state index contributed by atoms with van der Waals surface area (Å²) in [5, 5.41) is 4.92. The molecule has 1 fully saturated rings. The van der Waals surface area contributed by atoms with Gasteiger partial charge in [-0.2, -0.15) is 11.8 Å². The lowest BCUT2D eigenvalue weighted by atomic mass is 9.98. The van der Waals surface area contributed by atoms with Crippen LogP contribution in [0.4, 0.5) is 0 Å². The smallest absolute Gasteiger partial charge is 0.0985 e. The van der Waals surface area contributed by atoms with Gasteiger partial charge in [-0.3, -0.25) is 0 Å². The highest BCUT2D eigenvalue weighted by Gasteiger charge is 2.22. The SMILES string of the molecule is Cc1nc(C(C)(C)C)sc1C(C)NCCN1CCSCC1. The summed E-state index contributed by atoms with van der Waals surface area (Å²) in [6, 6.07) is 0.401. The zero-order chi connectivity index (χ0) is 15.5. The Balaban J connectivity index is 1.85. The van der Waals surface area contributed by atoms with Crippen molar-refractivity contribution in [2.24, 2.45) is 0 Å². The van der Waals surface area contributed by atoms with Crippen molar-refractivity contribution >= 4 is 23.1 Å². The van der Waals surface area contributed by atoms with E-state index in [1.807, 2.05) is 11.3 Å². The van der Waals surface area contributed by atoms with E-state index in [1.54, 1.807) is 0 Å². The Hall–Kier alpha value is -0.100. The quantitative estimate of drug-likeness (QED) is 0.896. The molecule has 3 nitrogen and oxygen atoms in total. The standard InChI is InChI=1S/C16H29N3S2/c1-12(17-6-7-19-8-10-20-11-9-19)14-13(2)18-15(21-14)16(3,4)5/h12,17H,6-11H2,1-5H3. The van der Waals surface area contributed by atoms with Crippen molar-refractivity contribution < 1.29 is 0 Å². The maximum atomic E-state index is 4.77. The van der Waals surface area contributed by atoms with E-state index in [4.69, 9.17) is 4.98 Å². The number of aromatic nitrogens is 1. The molecule has 0 aromatic carbocycles. The summed E-state index contributed by atoms with van der Waals surface area (Å²) < 4.78 is 0. The monoisotopic (exact) mass is 327 g/mol. The molecule has 1 aromatic rings. The van der Waals surface area contributed by atoms with Crippen LogP contribution in [0.15, 0.2) is 0 Å². The molecule has 0 radical (unpaired) electrons. The first-order chi connectivity index (χ1) is 9.88. The lowest BCUT2D eigenvalue weighted by Crippen LogP contribution is -2.38. The van der Waals surface area contributed by atoms with Crippen molar-refractivity contribution in [1.82, 2.24) is 15.2 Å². The fraction of sp³-hybridized carbons (Fsp3) is 0.812. The van der Waals surface area contributed by atoms with Crippen LogP contribution in [0.5, 0.6) is 0 Å². The van der Waals surface area contributed by atoms with Gasteiger partial charge >= 0.3 is 0 Å². The minimum Gasteiger partial charge on any atom is -0.308 e. The fourth-order valence-electron chi connectivity index (χ4n) is 2.49. The highest BCUT2D eigenvalue weighted by Crippen LogP contribution is 2.32. The van der Waals surface area contributed by atoms with Gasteiger partial charge in [-0.05, 0) is 13.8 Å². The Morgan fingerprint density at radius 3 is 2.52 bits per heavy atom. The van der Waals surface area contributed by atoms with E-state index in [0.29, 0.717) is 6.04 Å². The second-order valence-electron chi connectivity index (χ2n) is 6.85. The van der Waals surface area contributed by atoms with E-state index in [1.165, 1.54) is 40.2 Å². The molecule has 0 aliphatic carbocycles. The van der Waals surface area contributed by atoms with Crippen molar-refractivity contribution in [3.8, 4) is 0 Å². The van der Waals surface area contributed by atoms with E-state index >= 15 is 0 Å². The average Bonchev–Trinajstić information content (AvgIpc) is 2.82. The predicted molar refractivity (Wildman–Crippen MR) is 95.7 cm³/mol. The van der Waals surface area contributed by atoms with Gasteiger partial charge in [0.15, 0.2) is 0 Å². The van der Waals surface area contributed by atoms with Crippen molar-refractivity contribution in [2.75, 3.05) is 37.7 Å². The number of nitrogens with zero attached hydrogens (tertiary/aromatic N) is 2. The number of aryl methyl sites for hydroxylation is 1. The van der Waals surface area contributed by atoms with Crippen LogP contribution in [-0.2, 0) is 5.41 Å². The first kappa shape index (κ1) is 17.3. The van der Waals surface area contributed by atoms with Gasteiger partial charge in [0.2, 0.25) is 0 Å². The van der Waals surface area contributed by atoms with E-state index in [-0.39, 0.29) is 5.41 Å². The summed E-state index contributed by atoms with van der Waals surface area (Å²) in [6.07, 6.45) is 0. The van der Waals surface area contributed by atoms with Gasteiger partial charge < -0.3 is 10.2 Å². The highest BCUT2D eigenvalue weighted by atomic mass is 32.2. The minimum atomic E-state index is 0.152. The topological polar surface area (TPSA) is 28.2 Å². The first-order valence-corrected chi connectivity index (χ1v) is 9.86. The van der Waals surface area contributed by atoms with Crippen molar-refractivity contribution in [3.63, 3.8) is 0 Å². The molecule has 1 unspecified atom stereocenters. The molecule has 1 aliphatic rings. The lowest BCUT2D eigenvalue weighted by molar-refractivity contribution is 0.297. The molecule has 1 aromatic heterocycles. The summed E-state index contributed by atoms with van der Waals surface area (Å²) in [6.45, 7) is 15.8. The van der Waals surface area contributed by atoms with Gasteiger partial charge in [0.25, 0.3) is 0 Å². The highest BCUT2D eigenvalue weighted by molar-refractivity contribution is 7.99. The Kier molecular flexibility index (Phi) is 6.12. The third-order valence-electron chi connectivity index (χ3n) is 3.85. The molecule has 2 heterocycles. The molecule has 0 saturated carbocycles. The second-order valence-corrected chi connectivity index (χ2v) is 9.10. The molecule has 5 heteroatoms. The lowest BCUT2D eigenvalue weighted by Gasteiger charge is -2.26. The van der Waals surface area contributed by atoms with Gasteiger partial charge in [0, 0.05) is 54.0 Å². The van der Waals surface area contributed by atoms with Crippen LogP contribution in [0.1, 0.15) is 49.3 Å². The maximum Gasteiger partial charge on any atom is 0.0985 e. The summed E-state index contributed by atoms with van der Waals surface area (Å²) >= 11 is 3.94. The Labute approximate surface area is 137 Å². The summed E-state index contributed by atoms with van der Waals surface area (Å²) in [5.41, 5.74) is 1.35. The molecule has 1 atom stereocenters. The number of hydrogen-bond acceptors (Lipinski definition) is 5. The van der Waals surface area contributed by atoms with Gasteiger partial charge in [-0.1, -0.05) is 20.8 Å². The van der Waals surface area contributed by atoms with Crippen molar-refractivity contribution in [1.29, 1.82) is 0 Å². The van der Waals surface area contributed by atoms with Gasteiger partial charge in [0.1, 0.15) is 0 Å². The van der Waals surface area contributed by atoms with Crippen molar-refractivity contribution in [3.05, 3.63) is 15.6 Å². The molecule has 0 amide bonds. The summed E-state index contributed by atoms with van der Waals surface area (Å²) in [5.74, 6) is 2.58. The summed E-state index contributed by atoms with van der Waals surface area (Å²) in [7, 11) is 0. The molecular formula is C16H29N3S2. The van der Waals surface area contributed by atoms with Crippen LogP contribution >= 0.6 is 23.1 Å². The van der Waals surface area contributed by atoms with Crippen LogP contribution in [0.25, 0.3) is 0 Å².